The second kappa shape index (κ2) is 7.37. The molecule has 6 heteroatoms. The van der Waals surface area contributed by atoms with E-state index >= 15 is 0 Å². The summed E-state index contributed by atoms with van der Waals surface area (Å²) in [7, 11) is 0. The number of para-hydroxylation sites is 1. The summed E-state index contributed by atoms with van der Waals surface area (Å²) in [6.45, 7) is 7.42. The summed E-state index contributed by atoms with van der Waals surface area (Å²) in [6.07, 6.45) is 0.0713. The molecule has 0 bridgehead atoms. The van der Waals surface area contributed by atoms with Crippen molar-refractivity contribution in [2.45, 2.75) is 34.1 Å². The minimum absolute atomic E-state index is 0.0713. The lowest BCUT2D eigenvalue weighted by Crippen LogP contribution is -2.17. The van der Waals surface area contributed by atoms with E-state index in [-0.39, 0.29) is 24.2 Å². The Morgan fingerprint density at radius 1 is 1.26 bits per heavy atom. The van der Waals surface area contributed by atoms with Crippen molar-refractivity contribution in [3.63, 3.8) is 0 Å². The van der Waals surface area contributed by atoms with Gasteiger partial charge in [-0.15, -0.1) is 11.3 Å². The van der Waals surface area contributed by atoms with Crippen LogP contribution in [-0.4, -0.2) is 16.9 Å². The lowest BCUT2D eigenvalue weighted by molar-refractivity contribution is -0.133. The van der Waals surface area contributed by atoms with Gasteiger partial charge in [0, 0.05) is 11.3 Å². The quantitative estimate of drug-likeness (QED) is 0.672. The van der Waals surface area contributed by atoms with Crippen LogP contribution in [0.4, 0.5) is 5.13 Å². The fraction of sp³-hybridized carbons (Fsp3) is 0.353. The summed E-state index contributed by atoms with van der Waals surface area (Å²) in [5.41, 5.74) is 2.42. The molecule has 1 amide bonds. The molecule has 0 radical (unpaired) electrons. The van der Waals surface area contributed by atoms with Gasteiger partial charge in [-0.25, -0.2) is 4.98 Å². The van der Waals surface area contributed by atoms with Crippen molar-refractivity contribution in [3.8, 4) is 5.75 Å². The van der Waals surface area contributed by atoms with Crippen LogP contribution in [-0.2, 0) is 16.0 Å². The topological polar surface area (TPSA) is 68.3 Å². The third kappa shape index (κ3) is 4.63. The average Bonchev–Trinajstić information content (AvgIpc) is 2.90. The molecular formula is C17H20N2O3S. The fourth-order valence-electron chi connectivity index (χ4n) is 1.95. The number of rotatable bonds is 5. The van der Waals surface area contributed by atoms with Gasteiger partial charge in [0.15, 0.2) is 5.13 Å². The lowest BCUT2D eigenvalue weighted by atomic mass is 10.1. The molecule has 1 heterocycles. The molecule has 0 fully saturated rings. The molecule has 1 aromatic carbocycles. The maximum Gasteiger partial charge on any atom is 0.317 e. The molecule has 5 nitrogen and oxygen atoms in total. The molecule has 122 valence electrons. The number of hydrogen-bond donors (Lipinski definition) is 1. The Morgan fingerprint density at radius 2 is 1.91 bits per heavy atom. The van der Waals surface area contributed by atoms with E-state index in [0.29, 0.717) is 16.6 Å². The van der Waals surface area contributed by atoms with E-state index in [0.717, 1.165) is 11.1 Å². The Morgan fingerprint density at radius 3 is 2.52 bits per heavy atom. The van der Waals surface area contributed by atoms with E-state index in [4.69, 9.17) is 4.74 Å². The minimum atomic E-state index is -0.366. The third-order valence-electron chi connectivity index (χ3n) is 3.26. The number of amides is 1. The molecule has 0 spiro atoms. The summed E-state index contributed by atoms with van der Waals surface area (Å²) in [6, 6.07) is 5.72. The fourth-order valence-corrected chi connectivity index (χ4v) is 2.67. The van der Waals surface area contributed by atoms with Gasteiger partial charge in [-0.2, -0.15) is 0 Å². The van der Waals surface area contributed by atoms with E-state index in [1.54, 1.807) is 5.38 Å². The highest BCUT2D eigenvalue weighted by atomic mass is 32.1. The van der Waals surface area contributed by atoms with E-state index in [9.17, 15) is 9.59 Å². The monoisotopic (exact) mass is 332 g/mol. The molecule has 23 heavy (non-hydrogen) atoms. The van der Waals surface area contributed by atoms with Crippen LogP contribution >= 0.6 is 11.3 Å². The number of aryl methyl sites for hydroxylation is 2. The number of carbonyl (C=O) groups is 2. The molecule has 0 aliphatic rings. The average molecular weight is 332 g/mol. The number of anilines is 1. The Bertz CT molecular complexity index is 702. The second-order valence-electron chi connectivity index (χ2n) is 5.66. The van der Waals surface area contributed by atoms with Crippen LogP contribution in [0.3, 0.4) is 0 Å². The standard InChI is InChI=1S/C17H20N2O3S/c1-10(2)16(21)19-17-18-13(9-23-17)8-14(20)22-15-11(3)6-5-7-12(15)4/h5-7,9-10H,8H2,1-4H3,(H,18,19,21). The highest BCUT2D eigenvalue weighted by molar-refractivity contribution is 7.13. The zero-order chi connectivity index (χ0) is 17.0. The third-order valence-corrected chi connectivity index (χ3v) is 4.06. The highest BCUT2D eigenvalue weighted by Gasteiger charge is 2.14. The number of carbonyl (C=O) groups excluding carboxylic acids is 2. The van der Waals surface area contributed by atoms with E-state index < -0.39 is 0 Å². The molecule has 0 atom stereocenters. The van der Waals surface area contributed by atoms with Crippen LogP contribution in [0.25, 0.3) is 0 Å². The zero-order valence-corrected chi connectivity index (χ0v) is 14.5. The van der Waals surface area contributed by atoms with Crippen LogP contribution in [0.1, 0.15) is 30.7 Å². The smallest absolute Gasteiger partial charge is 0.317 e. The molecule has 2 aromatic rings. The predicted molar refractivity (Wildman–Crippen MR) is 90.8 cm³/mol. The van der Waals surface area contributed by atoms with Crippen molar-refractivity contribution >= 4 is 28.3 Å². The first-order valence-corrected chi connectivity index (χ1v) is 8.27. The van der Waals surface area contributed by atoms with Crippen molar-refractivity contribution in [3.05, 3.63) is 40.4 Å². The van der Waals surface area contributed by atoms with Crippen LogP contribution in [0.2, 0.25) is 0 Å². The number of nitrogens with zero attached hydrogens (tertiary/aromatic N) is 1. The molecule has 1 N–H and O–H groups in total. The number of benzene rings is 1. The van der Waals surface area contributed by atoms with Gasteiger partial charge in [0.2, 0.25) is 5.91 Å². The van der Waals surface area contributed by atoms with Crippen molar-refractivity contribution in [1.82, 2.24) is 4.98 Å². The van der Waals surface area contributed by atoms with Crippen LogP contribution in [0.5, 0.6) is 5.75 Å². The van der Waals surface area contributed by atoms with E-state index in [1.807, 2.05) is 45.9 Å². The van der Waals surface area contributed by atoms with Crippen molar-refractivity contribution < 1.29 is 14.3 Å². The Hall–Kier alpha value is -2.21. The van der Waals surface area contributed by atoms with Crippen LogP contribution < -0.4 is 10.1 Å². The van der Waals surface area contributed by atoms with Gasteiger partial charge in [-0.3, -0.25) is 9.59 Å². The maximum atomic E-state index is 12.1. The molecule has 1 aromatic heterocycles. The first-order chi connectivity index (χ1) is 10.9. The Labute approximate surface area is 139 Å². The minimum Gasteiger partial charge on any atom is -0.426 e. The Balaban J connectivity index is 1.98. The second-order valence-corrected chi connectivity index (χ2v) is 6.52. The first kappa shape index (κ1) is 17.1. The number of nitrogens with one attached hydrogen (secondary N) is 1. The summed E-state index contributed by atoms with van der Waals surface area (Å²) in [5, 5.41) is 4.97. The molecule has 0 saturated carbocycles. The molecule has 0 aliphatic carbocycles. The van der Waals surface area contributed by atoms with E-state index in [2.05, 4.69) is 10.3 Å². The van der Waals surface area contributed by atoms with E-state index in [1.165, 1.54) is 11.3 Å². The summed E-state index contributed by atoms with van der Waals surface area (Å²) in [5.74, 6) is 0.0239. The van der Waals surface area contributed by atoms with Gasteiger partial charge in [0.25, 0.3) is 0 Å². The van der Waals surface area contributed by atoms with Gasteiger partial charge in [-0.1, -0.05) is 32.0 Å². The van der Waals surface area contributed by atoms with Crippen molar-refractivity contribution in [1.29, 1.82) is 0 Å². The van der Waals surface area contributed by atoms with Crippen molar-refractivity contribution in [2.75, 3.05) is 5.32 Å². The zero-order valence-electron chi connectivity index (χ0n) is 13.7. The number of esters is 1. The summed E-state index contributed by atoms with van der Waals surface area (Å²) in [4.78, 5) is 27.9. The number of thiazole rings is 1. The molecule has 2 rings (SSSR count). The summed E-state index contributed by atoms with van der Waals surface area (Å²) < 4.78 is 5.45. The molecule has 0 saturated heterocycles. The number of aromatic nitrogens is 1. The predicted octanol–water partition coefficient (Wildman–Crippen LogP) is 3.50. The van der Waals surface area contributed by atoms with Gasteiger partial charge in [-0.05, 0) is 25.0 Å². The highest BCUT2D eigenvalue weighted by Crippen LogP contribution is 2.23. The lowest BCUT2D eigenvalue weighted by Gasteiger charge is -2.09. The van der Waals surface area contributed by atoms with Gasteiger partial charge < -0.3 is 10.1 Å². The maximum absolute atomic E-state index is 12.1. The Kier molecular flexibility index (Phi) is 5.50. The summed E-state index contributed by atoms with van der Waals surface area (Å²) >= 11 is 1.30. The van der Waals surface area contributed by atoms with Gasteiger partial charge >= 0.3 is 5.97 Å². The normalized spacial score (nSPS) is 10.7. The van der Waals surface area contributed by atoms with Gasteiger partial charge in [0.05, 0.1) is 12.1 Å². The van der Waals surface area contributed by atoms with Gasteiger partial charge in [0.1, 0.15) is 5.75 Å². The van der Waals surface area contributed by atoms with Crippen LogP contribution in [0.15, 0.2) is 23.6 Å². The SMILES string of the molecule is Cc1cccc(C)c1OC(=O)Cc1csc(NC(=O)C(C)C)n1. The largest absolute Gasteiger partial charge is 0.426 e. The first-order valence-electron chi connectivity index (χ1n) is 7.39. The molecule has 0 unspecified atom stereocenters. The van der Waals surface area contributed by atoms with Crippen molar-refractivity contribution in [2.24, 2.45) is 5.92 Å². The van der Waals surface area contributed by atoms with Crippen LogP contribution in [0, 0.1) is 19.8 Å². The molecule has 0 aliphatic heterocycles. The molecular weight excluding hydrogens is 312 g/mol. The number of hydrogen-bond acceptors (Lipinski definition) is 5. The number of ether oxygens (including phenoxy) is 1.